The molecule has 0 aromatic heterocycles. The van der Waals surface area contributed by atoms with Crippen LogP contribution in [-0.4, -0.2) is 26.7 Å². The normalized spacial score (nSPS) is 12.7. The number of ether oxygens (including phenoxy) is 1. The molecule has 0 N–H and O–H groups in total. The summed E-state index contributed by atoms with van der Waals surface area (Å²) in [4.78, 5) is 0. The first-order chi connectivity index (χ1) is 9.43. The lowest BCUT2D eigenvalue weighted by atomic mass is 10.1. The van der Waals surface area contributed by atoms with Crippen LogP contribution in [0.2, 0.25) is 0 Å². The fourth-order valence-corrected chi connectivity index (χ4v) is 2.33. The smallest absolute Gasteiger partial charge is 0.297 e. The van der Waals surface area contributed by atoms with Crippen LogP contribution in [0.4, 0.5) is 4.53 Å². The van der Waals surface area contributed by atoms with Crippen molar-refractivity contribution in [1.82, 2.24) is 0 Å². The van der Waals surface area contributed by atoms with E-state index in [1.165, 1.54) is 6.42 Å². The molecule has 124 valence electrons. The molecule has 0 fully saturated rings. The molecule has 0 heterocycles. The molecular weight excluding hydrogens is 303 g/mol. The molecule has 0 aromatic rings. The molecule has 0 saturated heterocycles. The van der Waals surface area contributed by atoms with Gasteiger partial charge in [-0.2, -0.15) is 8.42 Å². The second-order valence-electron chi connectivity index (χ2n) is 4.57. The van der Waals surface area contributed by atoms with Gasteiger partial charge in [-0.05, 0) is 17.4 Å². The van der Waals surface area contributed by atoms with Gasteiger partial charge in [0.1, 0.15) is 0 Å². The van der Waals surface area contributed by atoms with Crippen LogP contribution in [0, 0.1) is 0 Å². The monoisotopic (exact) mass is 332 g/mol. The topological polar surface area (TPSA) is 52.6 Å². The van der Waals surface area contributed by atoms with Crippen molar-refractivity contribution < 1.29 is 22.1 Å². The maximum atomic E-state index is 11.3. The predicted molar refractivity (Wildman–Crippen MR) is 84.0 cm³/mol. The third kappa shape index (κ3) is 18.1. The third-order valence-corrected chi connectivity index (χ3v) is 4.10. The summed E-state index contributed by atoms with van der Waals surface area (Å²) in [5.41, 5.74) is 0.144. The van der Waals surface area contributed by atoms with Gasteiger partial charge < -0.3 is 4.74 Å². The van der Waals surface area contributed by atoms with Crippen LogP contribution in [0.25, 0.3) is 0 Å². The van der Waals surface area contributed by atoms with E-state index in [9.17, 15) is 12.9 Å². The molecule has 0 radical (unpaired) electrons. The summed E-state index contributed by atoms with van der Waals surface area (Å²) in [5, 5.41) is 0. The molecular formula is C13H29FO4S2. The lowest BCUT2D eigenvalue weighted by Gasteiger charge is -2.03. The lowest BCUT2D eigenvalue weighted by Crippen LogP contribution is -2.05. The highest BCUT2D eigenvalue weighted by Crippen LogP contribution is 2.07. The molecule has 0 bridgehead atoms. The van der Waals surface area contributed by atoms with E-state index in [0.29, 0.717) is 6.42 Å². The molecule has 20 heavy (non-hydrogen) atoms. The van der Waals surface area contributed by atoms with Crippen molar-refractivity contribution in [3.05, 3.63) is 0 Å². The van der Waals surface area contributed by atoms with E-state index in [2.05, 4.69) is 30.9 Å². The molecule has 7 heteroatoms. The van der Waals surface area contributed by atoms with Crippen molar-refractivity contribution in [3.63, 3.8) is 0 Å². The second-order valence-corrected chi connectivity index (χ2v) is 6.80. The van der Waals surface area contributed by atoms with Crippen molar-refractivity contribution in [2.75, 3.05) is 12.9 Å². The van der Waals surface area contributed by atoms with Gasteiger partial charge >= 0.3 is 0 Å². The Balaban J connectivity index is 0. The number of hydrogen-bond acceptors (Lipinski definition) is 5. The Morgan fingerprint density at radius 1 is 1.05 bits per heavy atom. The van der Waals surface area contributed by atoms with Gasteiger partial charge in [-0.1, -0.05) is 56.8 Å². The molecule has 0 rings (SSSR count). The van der Waals surface area contributed by atoms with Crippen LogP contribution in [0.1, 0.15) is 65.2 Å². The van der Waals surface area contributed by atoms with Crippen molar-refractivity contribution in [3.8, 4) is 0 Å². The Kier molecular flexibility index (Phi) is 17.4. The van der Waals surface area contributed by atoms with Gasteiger partial charge in [0.2, 0.25) is 0 Å². The van der Waals surface area contributed by atoms with Crippen molar-refractivity contribution in [2.24, 2.45) is 0 Å². The van der Waals surface area contributed by atoms with Gasteiger partial charge in [-0.15, -0.1) is 12.6 Å². The van der Waals surface area contributed by atoms with E-state index < -0.39 is 10.1 Å². The largest absolute Gasteiger partial charge is 0.371 e. The Morgan fingerprint density at radius 2 is 1.60 bits per heavy atom. The van der Waals surface area contributed by atoms with Crippen molar-refractivity contribution >= 4 is 22.7 Å². The highest BCUT2D eigenvalue weighted by Gasteiger charge is 2.09. The lowest BCUT2D eigenvalue weighted by molar-refractivity contribution is 0.00288. The van der Waals surface area contributed by atoms with Crippen molar-refractivity contribution in [1.29, 1.82) is 0 Å². The molecule has 0 aliphatic heterocycles. The summed E-state index contributed by atoms with van der Waals surface area (Å²) in [6.07, 6.45) is 7.95. The first-order valence-electron chi connectivity index (χ1n) is 7.17. The number of methoxy groups -OCH3 is 1. The summed E-state index contributed by atoms with van der Waals surface area (Å²) < 4.78 is 40.0. The zero-order valence-corrected chi connectivity index (χ0v) is 14.5. The zero-order chi connectivity index (χ0) is 15.9. The summed E-state index contributed by atoms with van der Waals surface area (Å²) in [6.45, 7) is 4.23. The fraction of sp³-hybridized carbons (Fsp3) is 1.00. The predicted octanol–water partition coefficient (Wildman–Crippen LogP) is 4.27. The quantitative estimate of drug-likeness (QED) is 0.349. The Hall–Kier alpha value is 0.150. The van der Waals surface area contributed by atoms with Gasteiger partial charge in [0.05, 0.1) is 11.2 Å². The fourth-order valence-electron chi connectivity index (χ4n) is 1.46. The first-order valence-corrected chi connectivity index (χ1v) is 9.26. The SMILES string of the molecule is CCCC(S)OC.CCCCCCCCS(=O)(=O)OF. The van der Waals surface area contributed by atoms with Gasteiger partial charge in [-0.3, -0.25) is 0 Å². The first kappa shape index (κ1) is 22.4. The highest BCUT2D eigenvalue weighted by atomic mass is 32.2. The van der Waals surface area contributed by atoms with Crippen LogP contribution >= 0.6 is 12.6 Å². The number of hydrogen-bond donors (Lipinski definition) is 1. The average molecular weight is 333 g/mol. The van der Waals surface area contributed by atoms with Crippen LogP contribution in [-0.2, 0) is 19.2 Å². The Bertz CT molecular complexity index is 284. The molecule has 0 aliphatic carbocycles. The van der Waals surface area contributed by atoms with E-state index in [-0.39, 0.29) is 11.2 Å². The molecule has 0 amide bonds. The number of halogens is 1. The standard InChI is InChI=1S/C8H17FO3S.C5H12OS/c1-2-3-4-5-6-7-8-13(10,11)12-9;1-3-4-5(7)6-2/h2-8H2,1H3;5,7H,3-4H2,1-2H3. The maximum absolute atomic E-state index is 11.3. The summed E-state index contributed by atoms with van der Waals surface area (Å²) in [5.74, 6) is -0.213. The number of thiol groups is 1. The van der Waals surface area contributed by atoms with E-state index in [1.54, 1.807) is 7.11 Å². The summed E-state index contributed by atoms with van der Waals surface area (Å²) in [7, 11) is -2.20. The maximum Gasteiger partial charge on any atom is 0.297 e. The minimum Gasteiger partial charge on any atom is -0.371 e. The Morgan fingerprint density at radius 3 is 2.00 bits per heavy atom. The van der Waals surface area contributed by atoms with E-state index in [1.807, 2.05) is 0 Å². The Labute approximate surface area is 128 Å². The molecule has 4 nitrogen and oxygen atoms in total. The van der Waals surface area contributed by atoms with Gasteiger partial charge in [0.25, 0.3) is 10.1 Å². The van der Waals surface area contributed by atoms with E-state index >= 15 is 0 Å². The molecule has 0 spiro atoms. The van der Waals surface area contributed by atoms with E-state index in [4.69, 9.17) is 4.74 Å². The van der Waals surface area contributed by atoms with Crippen LogP contribution in [0.3, 0.4) is 0 Å². The van der Waals surface area contributed by atoms with Crippen LogP contribution in [0.5, 0.6) is 0 Å². The summed E-state index contributed by atoms with van der Waals surface area (Å²) >= 11 is 4.09. The number of rotatable bonds is 11. The van der Waals surface area contributed by atoms with Gasteiger partial charge in [0, 0.05) is 7.11 Å². The zero-order valence-electron chi connectivity index (χ0n) is 12.8. The summed E-state index contributed by atoms with van der Waals surface area (Å²) in [6, 6.07) is 0. The molecule has 0 saturated carbocycles. The highest BCUT2D eigenvalue weighted by molar-refractivity contribution is 7.86. The third-order valence-electron chi connectivity index (χ3n) is 2.65. The van der Waals surface area contributed by atoms with E-state index in [0.717, 1.165) is 38.5 Å². The molecule has 1 atom stereocenters. The molecule has 0 aliphatic rings. The van der Waals surface area contributed by atoms with Crippen molar-refractivity contribution in [2.45, 2.75) is 70.7 Å². The minimum absolute atomic E-state index is 0.144. The minimum atomic E-state index is -3.88. The number of unbranched alkanes of at least 4 members (excludes halogenated alkanes) is 5. The van der Waals surface area contributed by atoms with Gasteiger partial charge in [0.15, 0.2) is 0 Å². The molecule has 0 aromatic carbocycles. The van der Waals surface area contributed by atoms with Crippen LogP contribution in [0.15, 0.2) is 0 Å². The average Bonchev–Trinajstić information content (AvgIpc) is 2.43. The molecule has 1 unspecified atom stereocenters. The van der Waals surface area contributed by atoms with Gasteiger partial charge in [-0.25, -0.2) is 0 Å². The van der Waals surface area contributed by atoms with Crippen LogP contribution < -0.4 is 0 Å². The second kappa shape index (κ2) is 15.5.